The molecule has 0 aliphatic rings. The van der Waals surface area contributed by atoms with Crippen molar-refractivity contribution in [3.8, 4) is 0 Å². The summed E-state index contributed by atoms with van der Waals surface area (Å²) in [4.78, 5) is 0. The van der Waals surface area contributed by atoms with Crippen LogP contribution in [0.1, 0.15) is 143 Å². The van der Waals surface area contributed by atoms with E-state index in [1.165, 1.54) is 103 Å². The van der Waals surface area contributed by atoms with Crippen LogP contribution >= 0.6 is 0 Å². The van der Waals surface area contributed by atoms with Crippen LogP contribution in [0.15, 0.2) is 0 Å². The molecule has 0 heterocycles. The van der Waals surface area contributed by atoms with Crippen molar-refractivity contribution >= 4 is 8.32 Å². The van der Waals surface area contributed by atoms with Gasteiger partial charge in [-0.3, -0.25) is 0 Å². The first kappa shape index (κ1) is 30.1. The Hall–Kier alpha value is 0.137. The van der Waals surface area contributed by atoms with Gasteiger partial charge in [-0.25, -0.2) is 0 Å². The molecule has 0 fully saturated rings. The average Bonchev–Trinajstić information content (AvgIpc) is 2.68. The van der Waals surface area contributed by atoms with E-state index in [0.29, 0.717) is 6.61 Å². The average molecular weight is 443 g/mol. The van der Waals surface area contributed by atoms with Crippen LogP contribution in [0.25, 0.3) is 0 Å². The summed E-state index contributed by atoms with van der Waals surface area (Å²) >= 11 is 0. The number of hydrogen-bond donors (Lipinski definition) is 1. The Bertz CT molecular complexity index is 362. The van der Waals surface area contributed by atoms with Crippen LogP contribution < -0.4 is 0 Å². The van der Waals surface area contributed by atoms with E-state index in [9.17, 15) is 5.11 Å². The monoisotopic (exact) mass is 442 g/mol. The third kappa shape index (κ3) is 17.8. The van der Waals surface area contributed by atoms with Gasteiger partial charge in [0.05, 0.1) is 12.7 Å². The van der Waals surface area contributed by atoms with Crippen LogP contribution in [0.3, 0.4) is 0 Å². The fourth-order valence-corrected chi connectivity index (χ4v) is 4.75. The normalized spacial score (nSPS) is 13.7. The van der Waals surface area contributed by atoms with E-state index in [4.69, 9.17) is 4.43 Å². The van der Waals surface area contributed by atoms with Crippen molar-refractivity contribution in [2.45, 2.75) is 168 Å². The lowest BCUT2D eigenvalue weighted by Gasteiger charge is -2.36. The van der Waals surface area contributed by atoms with Crippen molar-refractivity contribution in [1.82, 2.24) is 0 Å². The Kier molecular flexibility index (Phi) is 18.8. The molecule has 1 atom stereocenters. The van der Waals surface area contributed by atoms with Crippen LogP contribution in [-0.2, 0) is 4.43 Å². The summed E-state index contributed by atoms with van der Waals surface area (Å²) in [7, 11) is -1.72. The number of aliphatic hydroxyl groups is 1. The molecule has 0 saturated carbocycles. The molecule has 0 aliphatic carbocycles. The molecule has 0 aliphatic heterocycles. The van der Waals surface area contributed by atoms with Crippen LogP contribution in [0.5, 0.6) is 0 Å². The maximum absolute atomic E-state index is 10.2. The van der Waals surface area contributed by atoms with Gasteiger partial charge in [0.15, 0.2) is 8.32 Å². The molecule has 0 bridgehead atoms. The van der Waals surface area contributed by atoms with E-state index in [-0.39, 0.29) is 11.1 Å². The van der Waals surface area contributed by atoms with Gasteiger partial charge in [0.2, 0.25) is 0 Å². The van der Waals surface area contributed by atoms with Crippen LogP contribution in [-0.4, -0.2) is 26.1 Å². The van der Waals surface area contributed by atoms with Crippen molar-refractivity contribution in [3.63, 3.8) is 0 Å². The molecule has 0 aromatic heterocycles. The second kappa shape index (κ2) is 18.7. The fourth-order valence-electron chi connectivity index (χ4n) is 3.71. The number of aliphatic hydroxyl groups excluding tert-OH is 1. The summed E-state index contributed by atoms with van der Waals surface area (Å²) in [6.07, 6.45) is 24.4. The van der Waals surface area contributed by atoms with E-state index in [0.717, 1.165) is 12.8 Å². The van der Waals surface area contributed by atoms with Crippen molar-refractivity contribution < 1.29 is 9.53 Å². The van der Waals surface area contributed by atoms with Gasteiger partial charge in [-0.2, -0.15) is 0 Å². The smallest absolute Gasteiger partial charge is 0.192 e. The zero-order valence-electron chi connectivity index (χ0n) is 21.9. The largest absolute Gasteiger partial charge is 0.414 e. The lowest BCUT2D eigenvalue weighted by molar-refractivity contribution is 0.0905. The minimum atomic E-state index is -1.72. The SMILES string of the molecule is CCCCCCCCCCCCCCCCCCCC(O)CO[Si](C)(C)C(C)(C)C. The predicted molar refractivity (Wildman–Crippen MR) is 138 cm³/mol. The highest BCUT2D eigenvalue weighted by molar-refractivity contribution is 6.74. The topological polar surface area (TPSA) is 29.5 Å². The van der Waals surface area contributed by atoms with Crippen molar-refractivity contribution in [1.29, 1.82) is 0 Å². The second-order valence-electron chi connectivity index (χ2n) is 11.2. The number of hydrogen-bond acceptors (Lipinski definition) is 2. The van der Waals surface area contributed by atoms with Gasteiger partial charge in [0.25, 0.3) is 0 Å². The molecule has 0 amide bonds. The van der Waals surface area contributed by atoms with Crippen LogP contribution in [0.2, 0.25) is 18.1 Å². The molecule has 182 valence electrons. The molecule has 2 nitrogen and oxygen atoms in total. The molecule has 0 aromatic rings. The molecular weight excluding hydrogens is 384 g/mol. The zero-order chi connectivity index (χ0) is 22.7. The molecule has 1 N–H and O–H groups in total. The Labute approximate surface area is 192 Å². The molecule has 1 unspecified atom stereocenters. The Morgan fingerprint density at radius 2 is 0.967 bits per heavy atom. The summed E-state index contributed by atoms with van der Waals surface area (Å²) in [6, 6.07) is 0. The van der Waals surface area contributed by atoms with E-state index in [2.05, 4.69) is 40.8 Å². The molecule has 30 heavy (non-hydrogen) atoms. The number of unbranched alkanes of at least 4 members (excludes halogenated alkanes) is 16. The van der Waals surface area contributed by atoms with E-state index < -0.39 is 8.32 Å². The van der Waals surface area contributed by atoms with Gasteiger partial charge in [-0.1, -0.05) is 137 Å². The van der Waals surface area contributed by atoms with Gasteiger partial charge in [-0.05, 0) is 24.6 Å². The predicted octanol–water partition coefficient (Wildman–Crippen LogP) is 9.41. The first-order valence-corrected chi connectivity index (χ1v) is 16.4. The molecule has 0 saturated heterocycles. The standard InChI is InChI=1S/C27H58O2Si/c1-7-8-9-10-11-12-13-14-15-16-17-18-19-20-21-22-23-24-26(28)25-29-30(5,6)27(2,3)4/h26,28H,7-25H2,1-6H3. The fraction of sp³-hybridized carbons (Fsp3) is 1.00. The zero-order valence-corrected chi connectivity index (χ0v) is 22.9. The van der Waals surface area contributed by atoms with Crippen molar-refractivity contribution in [2.75, 3.05) is 6.61 Å². The highest BCUT2D eigenvalue weighted by Gasteiger charge is 2.37. The Morgan fingerprint density at radius 3 is 1.30 bits per heavy atom. The van der Waals surface area contributed by atoms with Gasteiger partial charge < -0.3 is 9.53 Å². The van der Waals surface area contributed by atoms with Crippen molar-refractivity contribution in [2.24, 2.45) is 0 Å². The van der Waals surface area contributed by atoms with E-state index >= 15 is 0 Å². The molecule has 0 aromatic carbocycles. The summed E-state index contributed by atoms with van der Waals surface area (Å²) < 4.78 is 6.13. The van der Waals surface area contributed by atoms with Crippen molar-refractivity contribution in [3.05, 3.63) is 0 Å². The van der Waals surface area contributed by atoms with Crippen LogP contribution in [0, 0.1) is 0 Å². The number of rotatable bonds is 21. The quantitative estimate of drug-likeness (QED) is 0.142. The van der Waals surface area contributed by atoms with Gasteiger partial charge in [0.1, 0.15) is 0 Å². The molecule has 0 radical (unpaired) electrons. The van der Waals surface area contributed by atoms with Crippen LogP contribution in [0.4, 0.5) is 0 Å². The summed E-state index contributed by atoms with van der Waals surface area (Å²) in [5, 5.41) is 10.4. The highest BCUT2D eigenvalue weighted by Crippen LogP contribution is 2.36. The lowest BCUT2D eigenvalue weighted by Crippen LogP contribution is -2.42. The maximum atomic E-state index is 10.2. The summed E-state index contributed by atoms with van der Waals surface area (Å²) in [5.41, 5.74) is 0. The minimum absolute atomic E-state index is 0.223. The second-order valence-corrected chi connectivity index (χ2v) is 16.0. The van der Waals surface area contributed by atoms with Gasteiger partial charge in [-0.15, -0.1) is 0 Å². The third-order valence-electron chi connectivity index (χ3n) is 7.08. The minimum Gasteiger partial charge on any atom is -0.414 e. The maximum Gasteiger partial charge on any atom is 0.192 e. The molecular formula is C27H58O2Si. The summed E-state index contributed by atoms with van der Waals surface area (Å²) in [6.45, 7) is 14.1. The first-order chi connectivity index (χ1) is 14.2. The molecule has 0 rings (SSSR count). The Balaban J connectivity index is 3.31. The highest BCUT2D eigenvalue weighted by atomic mass is 28.4. The third-order valence-corrected chi connectivity index (χ3v) is 11.6. The van der Waals surface area contributed by atoms with E-state index in [1.54, 1.807) is 0 Å². The van der Waals surface area contributed by atoms with Gasteiger partial charge in [0, 0.05) is 0 Å². The first-order valence-electron chi connectivity index (χ1n) is 13.5. The summed E-state index contributed by atoms with van der Waals surface area (Å²) in [5.74, 6) is 0. The van der Waals surface area contributed by atoms with E-state index in [1.807, 2.05) is 0 Å². The molecule has 3 heteroatoms. The Morgan fingerprint density at radius 1 is 0.633 bits per heavy atom. The van der Waals surface area contributed by atoms with Gasteiger partial charge >= 0.3 is 0 Å². The molecule has 0 spiro atoms. The lowest BCUT2D eigenvalue weighted by atomic mass is 10.0.